The van der Waals surface area contributed by atoms with Crippen LogP contribution in [0.1, 0.15) is 213 Å². The number of ether oxygens (including phenoxy) is 3. The van der Waals surface area contributed by atoms with Crippen LogP contribution in [-0.4, -0.2) is 66.5 Å². The van der Waals surface area contributed by atoms with Gasteiger partial charge in [-0.25, -0.2) is 4.57 Å². The quantitative estimate of drug-likeness (QED) is 0.0197. The molecule has 0 fully saturated rings. The summed E-state index contributed by atoms with van der Waals surface area (Å²) in [6.07, 6.45) is 51.8. The van der Waals surface area contributed by atoms with Gasteiger partial charge in [-0.3, -0.25) is 23.4 Å². The number of carbonyl (C=O) groups is 3. The first-order valence-electron chi connectivity index (χ1n) is 25.8. The lowest BCUT2D eigenvalue weighted by atomic mass is 10.1. The van der Waals surface area contributed by atoms with Gasteiger partial charge in [-0.15, -0.1) is 0 Å². The van der Waals surface area contributed by atoms with E-state index < -0.39 is 57.8 Å². The maximum absolute atomic E-state index is 12.8. The Morgan fingerprint density at radius 2 is 0.818 bits per heavy atom. The van der Waals surface area contributed by atoms with Crippen LogP contribution in [0.3, 0.4) is 0 Å². The number of phosphoric ester groups is 1. The average Bonchev–Trinajstić information content (AvgIpc) is 3.30. The molecule has 0 aromatic carbocycles. The predicted octanol–water partition coefficient (Wildman–Crippen LogP) is 14.6. The molecule has 2 N–H and O–H groups in total. The van der Waals surface area contributed by atoms with Gasteiger partial charge in [0.1, 0.15) is 12.7 Å². The molecule has 0 saturated heterocycles. The summed E-state index contributed by atoms with van der Waals surface area (Å²) in [5, 5.41) is 9.74. The summed E-state index contributed by atoms with van der Waals surface area (Å²) in [5.41, 5.74) is 0. The third kappa shape index (κ3) is 46.0. The fourth-order valence-corrected chi connectivity index (χ4v) is 7.48. The molecule has 0 heterocycles. The number of hydrogen-bond acceptors (Lipinski definition) is 10. The molecular weight excluding hydrogens is 856 g/mol. The van der Waals surface area contributed by atoms with Crippen LogP contribution in [-0.2, 0) is 42.2 Å². The molecule has 0 rings (SSSR count). The molecule has 0 aromatic heterocycles. The van der Waals surface area contributed by atoms with Crippen molar-refractivity contribution in [3.05, 3.63) is 72.9 Å². The van der Waals surface area contributed by atoms with Crippen LogP contribution in [0.25, 0.3) is 0 Å². The fraction of sp³-hybridized carbons (Fsp3) is 0.722. The van der Waals surface area contributed by atoms with Crippen LogP contribution in [0.15, 0.2) is 72.9 Å². The zero-order valence-corrected chi connectivity index (χ0v) is 42.5. The normalized spacial score (nSPS) is 14.1. The Morgan fingerprint density at radius 3 is 1.30 bits per heavy atom. The second-order valence-corrected chi connectivity index (χ2v) is 18.4. The highest BCUT2D eigenvalue weighted by Gasteiger charge is 2.28. The van der Waals surface area contributed by atoms with Crippen molar-refractivity contribution in [1.29, 1.82) is 0 Å². The number of rotatable bonds is 47. The third-order valence-corrected chi connectivity index (χ3v) is 11.6. The lowest BCUT2D eigenvalue weighted by Crippen LogP contribution is -2.30. The van der Waals surface area contributed by atoms with Crippen molar-refractivity contribution in [3.63, 3.8) is 0 Å². The third-order valence-electron chi connectivity index (χ3n) is 10.6. The first kappa shape index (κ1) is 62.9. The fourth-order valence-electron chi connectivity index (χ4n) is 6.69. The maximum Gasteiger partial charge on any atom is 0.472 e. The minimum atomic E-state index is -4.75. The standard InChI is InChI=1S/C54H93O11P/c1-4-7-10-13-16-19-21-23-24-25-26-28-30-33-36-39-42-45-54(58)65-51(47-61-52(56)43-40-37-34-32-29-27-22-20-17-14-11-8-5-2)49-63-66(59,60)62-48-50(46-55)64-53(57)44-41-38-35-31-18-15-12-9-6-3/h8,11,16-17,19-20,23-24,27,29,34,37,50-51,55H,4-7,9-10,12-15,18,21-22,25-26,28,30-33,35-36,38-49H2,1-3H3,(H,59,60)/b11-8-,19-16-,20-17-,24-23-,29-27-,37-34-. The molecule has 380 valence electrons. The van der Waals surface area contributed by atoms with E-state index in [1.165, 1.54) is 70.6 Å². The van der Waals surface area contributed by atoms with Crippen LogP contribution in [0.5, 0.6) is 0 Å². The molecule has 12 heteroatoms. The molecule has 0 spiro atoms. The molecule has 0 aliphatic heterocycles. The van der Waals surface area contributed by atoms with Crippen molar-refractivity contribution in [1.82, 2.24) is 0 Å². The van der Waals surface area contributed by atoms with Crippen LogP contribution in [0.2, 0.25) is 0 Å². The predicted molar refractivity (Wildman–Crippen MR) is 270 cm³/mol. The number of phosphoric acid groups is 1. The molecule has 0 aliphatic carbocycles. The molecule has 0 bridgehead atoms. The molecule has 0 saturated carbocycles. The zero-order valence-electron chi connectivity index (χ0n) is 41.6. The van der Waals surface area contributed by atoms with Crippen LogP contribution >= 0.6 is 7.82 Å². The van der Waals surface area contributed by atoms with Gasteiger partial charge in [-0.05, 0) is 77.0 Å². The monoisotopic (exact) mass is 949 g/mol. The van der Waals surface area contributed by atoms with Gasteiger partial charge >= 0.3 is 25.7 Å². The second kappa shape index (κ2) is 48.4. The van der Waals surface area contributed by atoms with E-state index in [-0.39, 0.29) is 25.9 Å². The van der Waals surface area contributed by atoms with Gasteiger partial charge in [0.2, 0.25) is 0 Å². The number of aliphatic hydroxyl groups is 1. The molecule has 3 unspecified atom stereocenters. The summed E-state index contributed by atoms with van der Waals surface area (Å²) < 4.78 is 39.2. The van der Waals surface area contributed by atoms with Gasteiger partial charge in [-0.1, -0.05) is 190 Å². The molecule has 0 aromatic rings. The maximum atomic E-state index is 12.8. The Balaban J connectivity index is 4.83. The van der Waals surface area contributed by atoms with Crippen molar-refractivity contribution in [2.45, 2.75) is 226 Å². The summed E-state index contributed by atoms with van der Waals surface area (Å²) >= 11 is 0. The topological polar surface area (TPSA) is 155 Å². The van der Waals surface area contributed by atoms with E-state index in [9.17, 15) is 28.9 Å². The molecule has 0 radical (unpaired) electrons. The minimum Gasteiger partial charge on any atom is -0.462 e. The molecule has 3 atom stereocenters. The van der Waals surface area contributed by atoms with E-state index >= 15 is 0 Å². The van der Waals surface area contributed by atoms with Gasteiger partial charge in [0.15, 0.2) is 6.10 Å². The summed E-state index contributed by atoms with van der Waals surface area (Å²) in [7, 11) is -4.75. The number of esters is 3. The molecule has 0 aliphatic rings. The number of allylic oxidation sites excluding steroid dienone is 12. The minimum absolute atomic E-state index is 0.102. The molecule has 0 amide bonds. The van der Waals surface area contributed by atoms with E-state index in [2.05, 4.69) is 81.5 Å². The summed E-state index contributed by atoms with van der Waals surface area (Å²) in [6.45, 7) is 4.37. The van der Waals surface area contributed by atoms with Crippen molar-refractivity contribution < 1.29 is 52.2 Å². The summed E-state index contributed by atoms with van der Waals surface area (Å²) in [5.74, 6) is -1.58. The van der Waals surface area contributed by atoms with Crippen molar-refractivity contribution in [3.8, 4) is 0 Å². The average molecular weight is 949 g/mol. The van der Waals surface area contributed by atoms with Crippen LogP contribution in [0, 0.1) is 0 Å². The second-order valence-electron chi connectivity index (χ2n) is 17.0. The number of unbranched alkanes of at least 4 members (excludes halogenated alkanes) is 18. The smallest absolute Gasteiger partial charge is 0.462 e. The largest absolute Gasteiger partial charge is 0.472 e. The van der Waals surface area contributed by atoms with Gasteiger partial charge in [0.25, 0.3) is 0 Å². The van der Waals surface area contributed by atoms with Crippen LogP contribution in [0.4, 0.5) is 0 Å². The zero-order chi connectivity index (χ0) is 48.4. The lowest BCUT2D eigenvalue weighted by Gasteiger charge is -2.21. The Labute approximate surface area is 401 Å². The Hall–Kier alpha value is -3.08. The van der Waals surface area contributed by atoms with Gasteiger partial charge in [0.05, 0.1) is 19.8 Å². The lowest BCUT2D eigenvalue weighted by molar-refractivity contribution is -0.161. The van der Waals surface area contributed by atoms with Gasteiger partial charge in [-0.2, -0.15) is 0 Å². The number of carbonyl (C=O) groups excluding carboxylic acids is 3. The van der Waals surface area contributed by atoms with Crippen LogP contribution < -0.4 is 0 Å². The van der Waals surface area contributed by atoms with E-state index in [0.717, 1.165) is 83.5 Å². The Bertz CT molecular complexity index is 1390. The molecule has 11 nitrogen and oxygen atoms in total. The van der Waals surface area contributed by atoms with E-state index in [0.29, 0.717) is 19.3 Å². The van der Waals surface area contributed by atoms with E-state index in [1.807, 2.05) is 12.2 Å². The van der Waals surface area contributed by atoms with Crippen molar-refractivity contribution in [2.24, 2.45) is 0 Å². The molecule has 66 heavy (non-hydrogen) atoms. The van der Waals surface area contributed by atoms with Crippen molar-refractivity contribution >= 4 is 25.7 Å². The highest BCUT2D eigenvalue weighted by Crippen LogP contribution is 2.43. The Morgan fingerprint density at radius 1 is 0.439 bits per heavy atom. The molecular formula is C54H93O11P. The number of hydrogen-bond donors (Lipinski definition) is 2. The highest BCUT2D eigenvalue weighted by molar-refractivity contribution is 7.47. The highest BCUT2D eigenvalue weighted by atomic mass is 31.2. The van der Waals surface area contributed by atoms with E-state index in [1.54, 1.807) is 0 Å². The van der Waals surface area contributed by atoms with Gasteiger partial charge < -0.3 is 24.2 Å². The summed E-state index contributed by atoms with van der Waals surface area (Å²) in [4.78, 5) is 48.2. The first-order valence-corrected chi connectivity index (χ1v) is 27.3. The first-order chi connectivity index (χ1) is 32.2. The Kier molecular flexibility index (Phi) is 46.1. The summed E-state index contributed by atoms with van der Waals surface area (Å²) in [6, 6.07) is 0. The SMILES string of the molecule is CC/C=C\C/C=C\C/C=C\C/C=C\CCC(=O)OCC(COP(=O)(O)OCC(CO)OC(=O)CCCCCCCCCCC)OC(=O)CCCCCCCCC/C=C\C/C=C\CCCCC. The van der Waals surface area contributed by atoms with E-state index in [4.69, 9.17) is 23.3 Å². The number of aliphatic hydroxyl groups excluding tert-OH is 1. The van der Waals surface area contributed by atoms with Crippen molar-refractivity contribution in [2.75, 3.05) is 26.4 Å². The van der Waals surface area contributed by atoms with Gasteiger partial charge in [0, 0.05) is 19.3 Å².